The van der Waals surface area contributed by atoms with Crippen LogP contribution in [0.3, 0.4) is 0 Å². The smallest absolute Gasteiger partial charge is 0.406 e. The maximum absolute atomic E-state index is 12.3. The molecule has 0 unspecified atom stereocenters. The van der Waals surface area contributed by atoms with Gasteiger partial charge in [-0.05, 0) is 54.6 Å². The van der Waals surface area contributed by atoms with Gasteiger partial charge in [-0.15, -0.1) is 13.2 Å². The maximum Gasteiger partial charge on any atom is 0.573 e. The molecule has 2 aromatic carbocycles. The number of nitrogens with one attached hydrogen (secondary N) is 1. The van der Waals surface area contributed by atoms with Crippen molar-refractivity contribution in [1.29, 1.82) is 0 Å². The van der Waals surface area contributed by atoms with Crippen LogP contribution in [0.5, 0.6) is 5.75 Å². The zero-order valence-corrected chi connectivity index (χ0v) is 14.7. The summed E-state index contributed by atoms with van der Waals surface area (Å²) in [6, 6.07) is 13.6. The van der Waals surface area contributed by atoms with Crippen molar-refractivity contribution in [3.05, 3.63) is 65.3 Å². The third kappa shape index (κ3) is 4.40. The summed E-state index contributed by atoms with van der Waals surface area (Å²) in [6.07, 6.45) is -4.76. The lowest BCUT2D eigenvalue weighted by molar-refractivity contribution is -0.274. The van der Waals surface area contributed by atoms with E-state index in [0.717, 1.165) is 0 Å². The number of halogens is 4. The van der Waals surface area contributed by atoms with Crippen LogP contribution in [0.25, 0.3) is 16.9 Å². The molecule has 5 nitrogen and oxygen atoms in total. The van der Waals surface area contributed by atoms with Crippen molar-refractivity contribution in [2.24, 2.45) is 0 Å². The highest BCUT2D eigenvalue weighted by Crippen LogP contribution is 2.29. The highest BCUT2D eigenvalue weighted by molar-refractivity contribution is 6.30. The van der Waals surface area contributed by atoms with E-state index < -0.39 is 6.36 Å². The number of hydrogen-bond acceptors (Lipinski definition) is 3. The van der Waals surface area contributed by atoms with Gasteiger partial charge in [0.25, 0.3) is 5.91 Å². The first-order chi connectivity index (χ1) is 12.8. The standard InChI is InChI=1S/C18H13ClF3N3O2/c1-23-17(26)15-10-16(25(24-15)13-6-4-12(19)5-7-13)11-2-8-14(9-3-11)27-18(20,21)22/h2-10H,1H3,(H,23,26). The number of hydrogen-bond donors (Lipinski definition) is 1. The zero-order valence-electron chi connectivity index (χ0n) is 13.9. The minimum absolute atomic E-state index is 0.165. The van der Waals surface area contributed by atoms with Gasteiger partial charge >= 0.3 is 6.36 Å². The summed E-state index contributed by atoms with van der Waals surface area (Å²) in [4.78, 5) is 12.0. The van der Waals surface area contributed by atoms with Crippen LogP contribution in [0.15, 0.2) is 54.6 Å². The van der Waals surface area contributed by atoms with Crippen molar-refractivity contribution in [1.82, 2.24) is 15.1 Å². The fourth-order valence-electron chi connectivity index (χ4n) is 2.43. The molecule has 1 amide bonds. The first-order valence-electron chi connectivity index (χ1n) is 7.71. The summed E-state index contributed by atoms with van der Waals surface area (Å²) >= 11 is 5.90. The van der Waals surface area contributed by atoms with Crippen LogP contribution in [0.2, 0.25) is 5.02 Å². The van der Waals surface area contributed by atoms with Gasteiger partial charge in [-0.1, -0.05) is 11.6 Å². The highest BCUT2D eigenvalue weighted by Gasteiger charge is 2.31. The van der Waals surface area contributed by atoms with Crippen LogP contribution in [0.4, 0.5) is 13.2 Å². The van der Waals surface area contributed by atoms with Crippen LogP contribution in [0, 0.1) is 0 Å². The van der Waals surface area contributed by atoms with Crippen molar-refractivity contribution in [3.8, 4) is 22.7 Å². The SMILES string of the molecule is CNC(=O)c1cc(-c2ccc(OC(F)(F)F)cc2)n(-c2ccc(Cl)cc2)n1. The van der Waals surface area contributed by atoms with Crippen LogP contribution in [-0.4, -0.2) is 29.1 Å². The average molecular weight is 396 g/mol. The van der Waals surface area contributed by atoms with E-state index in [4.69, 9.17) is 11.6 Å². The van der Waals surface area contributed by atoms with Crippen molar-refractivity contribution in [2.45, 2.75) is 6.36 Å². The second-order valence-electron chi connectivity index (χ2n) is 5.45. The van der Waals surface area contributed by atoms with Gasteiger partial charge in [0.15, 0.2) is 5.69 Å². The highest BCUT2D eigenvalue weighted by atomic mass is 35.5. The van der Waals surface area contributed by atoms with Crippen LogP contribution < -0.4 is 10.1 Å². The van der Waals surface area contributed by atoms with Crippen LogP contribution in [0.1, 0.15) is 10.5 Å². The number of aromatic nitrogens is 2. The van der Waals surface area contributed by atoms with Gasteiger partial charge in [-0.2, -0.15) is 5.10 Å². The summed E-state index contributed by atoms with van der Waals surface area (Å²) in [7, 11) is 1.48. The second-order valence-corrected chi connectivity index (χ2v) is 5.89. The molecular formula is C18H13ClF3N3O2. The molecule has 0 bridgehead atoms. The minimum Gasteiger partial charge on any atom is -0.406 e. The van der Waals surface area contributed by atoms with Crippen molar-refractivity contribution in [3.63, 3.8) is 0 Å². The topological polar surface area (TPSA) is 56.1 Å². The number of alkyl halides is 3. The molecule has 0 aliphatic rings. The largest absolute Gasteiger partial charge is 0.573 e. The van der Waals surface area contributed by atoms with E-state index in [0.29, 0.717) is 22.0 Å². The van der Waals surface area contributed by atoms with Gasteiger partial charge in [-0.25, -0.2) is 4.68 Å². The molecule has 3 aromatic rings. The molecule has 0 spiro atoms. The van der Waals surface area contributed by atoms with E-state index in [1.165, 1.54) is 36.0 Å². The molecule has 1 heterocycles. The molecular weight excluding hydrogens is 383 g/mol. The van der Waals surface area contributed by atoms with E-state index in [1.807, 2.05) is 0 Å². The summed E-state index contributed by atoms with van der Waals surface area (Å²) in [5.41, 5.74) is 1.88. The van der Waals surface area contributed by atoms with Gasteiger partial charge in [0.1, 0.15) is 5.75 Å². The molecule has 0 aliphatic carbocycles. The van der Waals surface area contributed by atoms with Crippen molar-refractivity contribution >= 4 is 17.5 Å². The monoisotopic (exact) mass is 395 g/mol. The van der Waals surface area contributed by atoms with Gasteiger partial charge in [0.2, 0.25) is 0 Å². The van der Waals surface area contributed by atoms with Gasteiger partial charge in [0, 0.05) is 17.6 Å². The van der Waals surface area contributed by atoms with Gasteiger partial charge in [-0.3, -0.25) is 4.79 Å². The minimum atomic E-state index is -4.76. The number of carbonyl (C=O) groups excluding carboxylic acids is 1. The lowest BCUT2D eigenvalue weighted by atomic mass is 10.1. The molecule has 9 heteroatoms. The Hall–Kier alpha value is -3.00. The number of rotatable bonds is 4. The van der Waals surface area contributed by atoms with E-state index in [1.54, 1.807) is 30.3 Å². The first-order valence-corrected chi connectivity index (χ1v) is 8.09. The zero-order chi connectivity index (χ0) is 19.6. The van der Waals surface area contributed by atoms with Gasteiger partial charge in [0.05, 0.1) is 11.4 Å². The molecule has 140 valence electrons. The lowest BCUT2D eigenvalue weighted by Crippen LogP contribution is -2.18. The molecule has 27 heavy (non-hydrogen) atoms. The number of amides is 1. The lowest BCUT2D eigenvalue weighted by Gasteiger charge is -2.10. The van der Waals surface area contributed by atoms with Crippen LogP contribution >= 0.6 is 11.6 Å². The Morgan fingerprint density at radius 2 is 1.74 bits per heavy atom. The van der Waals surface area contributed by atoms with E-state index >= 15 is 0 Å². The summed E-state index contributed by atoms with van der Waals surface area (Å²) in [5.74, 6) is -0.726. The Kier molecular flexibility index (Phi) is 5.09. The number of benzene rings is 2. The molecule has 0 aliphatic heterocycles. The molecule has 0 saturated heterocycles. The van der Waals surface area contributed by atoms with Crippen molar-refractivity contribution < 1.29 is 22.7 Å². The number of carbonyl (C=O) groups is 1. The Morgan fingerprint density at radius 1 is 1.11 bits per heavy atom. The van der Waals surface area contributed by atoms with E-state index in [9.17, 15) is 18.0 Å². The molecule has 0 fully saturated rings. The second kappa shape index (κ2) is 7.32. The average Bonchev–Trinajstić information content (AvgIpc) is 3.06. The fraction of sp³-hybridized carbons (Fsp3) is 0.111. The number of ether oxygens (including phenoxy) is 1. The predicted octanol–water partition coefficient (Wildman–Crippen LogP) is 4.45. The van der Waals surface area contributed by atoms with E-state index in [-0.39, 0.29) is 17.4 Å². The molecule has 0 atom stereocenters. The first kappa shape index (κ1) is 18.8. The molecule has 1 N–H and O–H groups in total. The normalized spacial score (nSPS) is 11.3. The summed E-state index contributed by atoms with van der Waals surface area (Å²) in [5, 5.41) is 7.31. The van der Waals surface area contributed by atoms with Gasteiger partial charge < -0.3 is 10.1 Å². The Labute approximate surface area is 157 Å². The summed E-state index contributed by atoms with van der Waals surface area (Å²) in [6.45, 7) is 0. The Bertz CT molecular complexity index is 951. The number of nitrogens with zero attached hydrogens (tertiary/aromatic N) is 2. The molecule has 1 aromatic heterocycles. The molecule has 0 radical (unpaired) electrons. The molecule has 0 saturated carbocycles. The predicted molar refractivity (Wildman–Crippen MR) is 94.1 cm³/mol. The van der Waals surface area contributed by atoms with Crippen LogP contribution in [-0.2, 0) is 0 Å². The van der Waals surface area contributed by atoms with E-state index in [2.05, 4.69) is 15.2 Å². The quantitative estimate of drug-likeness (QED) is 0.710. The van der Waals surface area contributed by atoms with Crippen molar-refractivity contribution in [2.75, 3.05) is 7.05 Å². The third-order valence-electron chi connectivity index (χ3n) is 3.62. The Balaban J connectivity index is 2.04. The fourth-order valence-corrected chi connectivity index (χ4v) is 2.56. The maximum atomic E-state index is 12.3. The Morgan fingerprint density at radius 3 is 2.30 bits per heavy atom. The summed E-state index contributed by atoms with van der Waals surface area (Å²) < 4.78 is 42.4. The third-order valence-corrected chi connectivity index (χ3v) is 3.88. The molecule has 3 rings (SSSR count).